The number of alkyl halides is 3. The summed E-state index contributed by atoms with van der Waals surface area (Å²) >= 11 is 0. The molecule has 40 heavy (non-hydrogen) atoms. The number of fused-ring (bicyclic) bond motifs is 1. The van der Waals surface area contributed by atoms with Gasteiger partial charge in [0.25, 0.3) is 0 Å². The van der Waals surface area contributed by atoms with Crippen molar-refractivity contribution in [2.75, 3.05) is 11.1 Å². The summed E-state index contributed by atoms with van der Waals surface area (Å²) < 4.78 is 42.9. The number of benzene rings is 2. The second kappa shape index (κ2) is 10.6. The van der Waals surface area contributed by atoms with Gasteiger partial charge in [0.15, 0.2) is 11.7 Å². The van der Waals surface area contributed by atoms with Crippen LogP contribution in [0.15, 0.2) is 81.2 Å². The number of nitrogens with zero attached hydrogens (tertiary/aromatic N) is 4. The quantitative estimate of drug-likeness (QED) is 0.146. The summed E-state index contributed by atoms with van der Waals surface area (Å²) in [6.45, 7) is 2.00. The molecule has 2 aromatic carbocycles. The van der Waals surface area contributed by atoms with Crippen molar-refractivity contribution in [3.63, 3.8) is 0 Å². The van der Waals surface area contributed by atoms with Gasteiger partial charge in [0.2, 0.25) is 5.76 Å². The first-order valence-electron chi connectivity index (χ1n) is 12.3. The van der Waals surface area contributed by atoms with Gasteiger partial charge in [0, 0.05) is 46.4 Å². The standard InChI is InChI=1S/C28H25F3N8O/c1-15(21-7-4-8-25(36-21)38-26(34)23-13-24(40-39-23)28(29,30)31)22-12-16-5-2-3-6-19(16)27(37-22)35-18-9-10-20(33)17(11-18)14-32/h2-11,13-15,22,32H,12,33H2,1H3,(H,35,37)(H2,34,36,38). The van der Waals surface area contributed by atoms with Crippen LogP contribution in [-0.4, -0.2) is 34.1 Å². The molecule has 0 saturated heterocycles. The lowest BCUT2D eigenvalue weighted by Gasteiger charge is -2.28. The summed E-state index contributed by atoms with van der Waals surface area (Å²) in [5.74, 6) is -0.749. The zero-order valence-corrected chi connectivity index (χ0v) is 21.3. The summed E-state index contributed by atoms with van der Waals surface area (Å²) in [4.78, 5) is 13.8. The Kier molecular flexibility index (Phi) is 7.07. The number of nitrogen functional groups attached to an aromatic ring is 1. The van der Waals surface area contributed by atoms with Gasteiger partial charge in [-0.2, -0.15) is 13.2 Å². The van der Waals surface area contributed by atoms with Gasteiger partial charge in [0.1, 0.15) is 11.5 Å². The highest BCUT2D eigenvalue weighted by molar-refractivity contribution is 6.10. The smallest absolute Gasteiger partial charge is 0.398 e. The van der Waals surface area contributed by atoms with Gasteiger partial charge < -0.3 is 26.7 Å². The number of nitrogens with one attached hydrogen (secondary N) is 2. The minimum atomic E-state index is -4.68. The molecule has 2 unspecified atom stereocenters. The fraction of sp³-hybridized carbons (Fsp3) is 0.179. The zero-order valence-electron chi connectivity index (χ0n) is 21.3. The molecule has 204 valence electrons. The Hall–Kier alpha value is -5.00. The lowest BCUT2D eigenvalue weighted by molar-refractivity contribution is -0.155. The first-order valence-corrected chi connectivity index (χ1v) is 12.3. The van der Waals surface area contributed by atoms with E-state index < -0.39 is 11.9 Å². The van der Waals surface area contributed by atoms with E-state index in [0.717, 1.165) is 16.8 Å². The lowest BCUT2D eigenvalue weighted by atomic mass is 9.88. The average Bonchev–Trinajstić information content (AvgIpc) is 3.45. The monoisotopic (exact) mass is 546 g/mol. The number of aliphatic imine (C=N–C) groups is 2. The van der Waals surface area contributed by atoms with Gasteiger partial charge in [0.05, 0.1) is 6.04 Å². The molecule has 0 spiro atoms. The summed E-state index contributed by atoms with van der Waals surface area (Å²) in [5, 5.41) is 14.3. The molecule has 3 heterocycles. The van der Waals surface area contributed by atoms with Gasteiger partial charge in [-0.1, -0.05) is 42.4 Å². The molecule has 6 N–H and O–H groups in total. The van der Waals surface area contributed by atoms with E-state index in [-0.39, 0.29) is 29.3 Å². The number of hydrogen-bond donors (Lipinski definition) is 4. The Bertz CT molecular complexity index is 1630. The average molecular weight is 547 g/mol. The summed E-state index contributed by atoms with van der Waals surface area (Å²) in [6.07, 6.45) is -2.80. The van der Waals surface area contributed by atoms with E-state index in [1.165, 1.54) is 6.21 Å². The predicted octanol–water partition coefficient (Wildman–Crippen LogP) is 5.29. The van der Waals surface area contributed by atoms with Crippen LogP contribution in [0.3, 0.4) is 0 Å². The third-order valence-electron chi connectivity index (χ3n) is 6.59. The Morgan fingerprint density at radius 3 is 2.70 bits per heavy atom. The minimum absolute atomic E-state index is 0.144. The maximum Gasteiger partial charge on any atom is 0.452 e. The molecular formula is C28H25F3N8O. The molecule has 0 saturated carbocycles. The molecule has 1 aliphatic rings. The maximum atomic E-state index is 12.8. The van der Waals surface area contributed by atoms with Crippen LogP contribution in [0.4, 0.5) is 30.4 Å². The van der Waals surface area contributed by atoms with E-state index in [4.69, 9.17) is 21.9 Å². The van der Waals surface area contributed by atoms with Gasteiger partial charge in [-0.3, -0.25) is 4.99 Å². The van der Waals surface area contributed by atoms with Gasteiger partial charge >= 0.3 is 6.18 Å². The number of nitrogens with two attached hydrogens (primary N) is 2. The van der Waals surface area contributed by atoms with Crippen LogP contribution in [-0.2, 0) is 12.6 Å². The third kappa shape index (κ3) is 5.55. The van der Waals surface area contributed by atoms with Crippen LogP contribution in [0.25, 0.3) is 0 Å². The highest BCUT2D eigenvalue weighted by Gasteiger charge is 2.36. The Morgan fingerprint density at radius 2 is 1.95 bits per heavy atom. The van der Waals surface area contributed by atoms with E-state index in [9.17, 15) is 13.2 Å². The number of rotatable bonds is 6. The number of pyridine rings is 1. The molecule has 2 aromatic heterocycles. The molecule has 2 atom stereocenters. The Balaban J connectivity index is 1.42. The van der Waals surface area contributed by atoms with Crippen molar-refractivity contribution in [3.05, 3.63) is 101 Å². The molecule has 4 aromatic rings. The van der Waals surface area contributed by atoms with Crippen molar-refractivity contribution in [2.45, 2.75) is 31.5 Å². The molecule has 0 radical (unpaired) electrons. The van der Waals surface area contributed by atoms with Crippen molar-refractivity contribution in [1.29, 1.82) is 5.41 Å². The second-order valence-corrected chi connectivity index (χ2v) is 9.30. The molecule has 12 heteroatoms. The first kappa shape index (κ1) is 26.6. The van der Waals surface area contributed by atoms with Gasteiger partial charge in [-0.25, -0.2) is 9.98 Å². The molecule has 9 nitrogen and oxygen atoms in total. The van der Waals surface area contributed by atoms with Crippen LogP contribution >= 0.6 is 0 Å². The number of aromatic nitrogens is 2. The summed E-state index contributed by atoms with van der Waals surface area (Å²) in [5.41, 5.74) is 16.2. The zero-order chi connectivity index (χ0) is 28.4. The molecule has 1 aliphatic heterocycles. The first-order chi connectivity index (χ1) is 19.1. The number of hydrogen-bond acceptors (Lipinski definition) is 8. The predicted molar refractivity (Wildman–Crippen MR) is 147 cm³/mol. The lowest BCUT2D eigenvalue weighted by Crippen LogP contribution is -2.29. The van der Waals surface area contributed by atoms with Crippen LogP contribution in [0.1, 0.15) is 46.7 Å². The van der Waals surface area contributed by atoms with E-state index in [1.807, 2.05) is 37.3 Å². The highest BCUT2D eigenvalue weighted by atomic mass is 19.4. The minimum Gasteiger partial charge on any atom is -0.398 e. The largest absolute Gasteiger partial charge is 0.452 e. The maximum absolute atomic E-state index is 12.8. The Morgan fingerprint density at radius 1 is 1.15 bits per heavy atom. The number of anilines is 2. The molecule has 0 fully saturated rings. The van der Waals surface area contributed by atoms with Crippen LogP contribution in [0.2, 0.25) is 0 Å². The molecule has 0 aliphatic carbocycles. The fourth-order valence-corrected chi connectivity index (χ4v) is 4.40. The molecule has 0 amide bonds. The topological polar surface area (TPSA) is 152 Å². The Labute approximate surface area is 227 Å². The summed E-state index contributed by atoms with van der Waals surface area (Å²) in [6, 6.07) is 19.1. The van der Waals surface area contributed by atoms with Gasteiger partial charge in [-0.05, 0) is 42.3 Å². The van der Waals surface area contributed by atoms with Crippen molar-refractivity contribution >= 4 is 35.1 Å². The van der Waals surface area contributed by atoms with E-state index in [1.54, 1.807) is 24.3 Å². The van der Waals surface area contributed by atoms with Crippen molar-refractivity contribution < 1.29 is 17.7 Å². The summed E-state index contributed by atoms with van der Waals surface area (Å²) in [7, 11) is 0. The van der Waals surface area contributed by atoms with Crippen molar-refractivity contribution in [3.8, 4) is 0 Å². The van der Waals surface area contributed by atoms with E-state index >= 15 is 0 Å². The molecular weight excluding hydrogens is 521 g/mol. The highest BCUT2D eigenvalue weighted by Crippen LogP contribution is 2.31. The van der Waals surface area contributed by atoms with E-state index in [2.05, 4.69) is 31.0 Å². The SMILES string of the molecule is CC(c1cccc(/N=C(\N)c2cc(C(F)(F)F)on2)n1)C1Cc2ccccc2C(Nc2ccc(N)c(C=N)c2)=N1. The second-order valence-electron chi connectivity index (χ2n) is 9.30. The van der Waals surface area contributed by atoms with Crippen LogP contribution in [0.5, 0.6) is 0 Å². The van der Waals surface area contributed by atoms with Crippen LogP contribution in [0, 0.1) is 5.41 Å². The van der Waals surface area contributed by atoms with Crippen molar-refractivity contribution in [1.82, 2.24) is 10.1 Å². The molecule has 0 bridgehead atoms. The van der Waals surface area contributed by atoms with E-state index in [0.29, 0.717) is 35.3 Å². The van der Waals surface area contributed by atoms with Gasteiger partial charge in [-0.15, -0.1) is 0 Å². The van der Waals surface area contributed by atoms with Crippen molar-refractivity contribution in [2.24, 2.45) is 15.7 Å². The third-order valence-corrected chi connectivity index (χ3v) is 6.59. The normalized spacial score (nSPS) is 16.1. The fourth-order valence-electron chi connectivity index (χ4n) is 4.40. The van der Waals surface area contributed by atoms with Crippen LogP contribution < -0.4 is 16.8 Å². The number of halogens is 3. The molecule has 5 rings (SSSR count). The number of amidine groups is 2.